The number of nitrogens with zero attached hydrogens (tertiary/aromatic N) is 1. The van der Waals surface area contributed by atoms with Crippen LogP contribution in [0.1, 0.15) is 40.5 Å². The fraction of sp³-hybridized carbons (Fsp3) is 0.636. The lowest BCUT2D eigenvalue weighted by atomic mass is 9.83. The van der Waals surface area contributed by atoms with E-state index in [2.05, 4.69) is 32.7 Å². The summed E-state index contributed by atoms with van der Waals surface area (Å²) in [5.41, 5.74) is 2.18. The number of dihydropyridines is 1. The van der Waals surface area contributed by atoms with Crippen LogP contribution >= 0.6 is 0 Å². The second-order valence-corrected chi connectivity index (χ2v) is 4.39. The van der Waals surface area contributed by atoms with Crippen LogP contribution in [-0.4, -0.2) is 11.6 Å². The first-order valence-corrected chi connectivity index (χ1v) is 4.76. The summed E-state index contributed by atoms with van der Waals surface area (Å²) < 4.78 is 0. The molecule has 0 spiro atoms. The summed E-state index contributed by atoms with van der Waals surface area (Å²) in [6.07, 6.45) is 3.45. The van der Waals surface area contributed by atoms with Gasteiger partial charge in [-0.15, -0.1) is 0 Å². The van der Waals surface area contributed by atoms with Crippen molar-refractivity contribution in [3.05, 3.63) is 11.6 Å². The Hall–Kier alpha value is -0.920. The van der Waals surface area contributed by atoms with Crippen molar-refractivity contribution < 1.29 is 4.79 Å². The van der Waals surface area contributed by atoms with E-state index in [4.69, 9.17) is 0 Å². The van der Waals surface area contributed by atoms with Gasteiger partial charge in [-0.1, -0.05) is 33.8 Å². The van der Waals surface area contributed by atoms with Crippen LogP contribution in [0.25, 0.3) is 0 Å². The molecule has 0 radical (unpaired) electrons. The van der Waals surface area contributed by atoms with Gasteiger partial charge in [0.25, 0.3) is 0 Å². The molecule has 2 heteroatoms. The molecule has 0 aromatic carbocycles. The zero-order valence-electron chi connectivity index (χ0n) is 8.85. The number of hydrogen-bond donors (Lipinski definition) is 0. The SMILES string of the molecule is CCC1=CCC(=O)N=C1C(C)(C)C. The molecule has 0 fully saturated rings. The second-order valence-electron chi connectivity index (χ2n) is 4.39. The van der Waals surface area contributed by atoms with E-state index in [0.717, 1.165) is 12.1 Å². The highest BCUT2D eigenvalue weighted by atomic mass is 16.1. The predicted molar refractivity (Wildman–Crippen MR) is 54.9 cm³/mol. The predicted octanol–water partition coefficient (Wildman–Crippen LogP) is 2.74. The van der Waals surface area contributed by atoms with Crippen LogP contribution in [0.5, 0.6) is 0 Å². The minimum atomic E-state index is -0.0159. The highest BCUT2D eigenvalue weighted by Crippen LogP contribution is 2.26. The van der Waals surface area contributed by atoms with Crippen LogP contribution in [-0.2, 0) is 4.79 Å². The van der Waals surface area contributed by atoms with Gasteiger partial charge in [0.15, 0.2) is 0 Å². The van der Waals surface area contributed by atoms with Gasteiger partial charge >= 0.3 is 0 Å². The van der Waals surface area contributed by atoms with Crippen molar-refractivity contribution in [2.24, 2.45) is 10.4 Å². The first kappa shape index (κ1) is 10.2. The Kier molecular flexibility index (Phi) is 2.69. The van der Waals surface area contributed by atoms with E-state index >= 15 is 0 Å². The molecule has 1 aliphatic heterocycles. The van der Waals surface area contributed by atoms with Crippen LogP contribution in [0.4, 0.5) is 0 Å². The Morgan fingerprint density at radius 1 is 1.46 bits per heavy atom. The quantitative estimate of drug-likeness (QED) is 0.608. The molecule has 0 aromatic heterocycles. The normalized spacial score (nSPS) is 18.3. The van der Waals surface area contributed by atoms with Crippen molar-refractivity contribution in [2.45, 2.75) is 40.5 Å². The molecule has 0 aliphatic carbocycles. The fourth-order valence-electron chi connectivity index (χ4n) is 1.51. The first-order valence-electron chi connectivity index (χ1n) is 4.76. The van der Waals surface area contributed by atoms with E-state index in [1.807, 2.05) is 6.08 Å². The minimum Gasteiger partial charge on any atom is -0.272 e. The molecule has 2 nitrogen and oxygen atoms in total. The van der Waals surface area contributed by atoms with Crippen molar-refractivity contribution in [2.75, 3.05) is 0 Å². The lowest BCUT2D eigenvalue weighted by Crippen LogP contribution is -2.26. The van der Waals surface area contributed by atoms with Crippen molar-refractivity contribution in [1.29, 1.82) is 0 Å². The molecule has 1 aliphatic rings. The van der Waals surface area contributed by atoms with E-state index < -0.39 is 0 Å². The Morgan fingerprint density at radius 3 is 2.54 bits per heavy atom. The summed E-state index contributed by atoms with van der Waals surface area (Å²) in [5.74, 6) is -0.0119. The van der Waals surface area contributed by atoms with Crippen molar-refractivity contribution in [3.63, 3.8) is 0 Å². The molecule has 0 unspecified atom stereocenters. The lowest BCUT2D eigenvalue weighted by Gasteiger charge is -2.25. The number of carbonyl (C=O) groups excluding carboxylic acids is 1. The molecule has 72 valence electrons. The zero-order valence-corrected chi connectivity index (χ0v) is 8.85. The largest absolute Gasteiger partial charge is 0.272 e. The van der Waals surface area contributed by atoms with E-state index in [1.54, 1.807) is 0 Å². The smallest absolute Gasteiger partial charge is 0.249 e. The number of allylic oxidation sites excluding steroid dienone is 1. The van der Waals surface area contributed by atoms with Gasteiger partial charge in [0.1, 0.15) is 0 Å². The zero-order chi connectivity index (χ0) is 10.1. The third-order valence-electron chi connectivity index (χ3n) is 2.16. The molecule has 1 heterocycles. The number of carbonyl (C=O) groups is 1. The maximum atomic E-state index is 11.1. The molecule has 13 heavy (non-hydrogen) atoms. The number of amides is 1. The van der Waals surface area contributed by atoms with Gasteiger partial charge in [-0.3, -0.25) is 4.79 Å². The molecule has 0 saturated carbocycles. The van der Waals surface area contributed by atoms with Gasteiger partial charge in [-0.25, -0.2) is 4.99 Å². The Bertz CT molecular complexity index is 279. The summed E-state index contributed by atoms with van der Waals surface area (Å²) in [4.78, 5) is 15.3. The summed E-state index contributed by atoms with van der Waals surface area (Å²) in [5, 5.41) is 0. The molecule has 0 aromatic rings. The molecule has 0 saturated heterocycles. The van der Waals surface area contributed by atoms with Crippen LogP contribution < -0.4 is 0 Å². The Balaban J connectivity index is 3.03. The van der Waals surface area contributed by atoms with Crippen LogP contribution in [0.15, 0.2) is 16.6 Å². The standard InChI is InChI=1S/C11H17NO/c1-5-8-6-7-9(13)12-10(8)11(2,3)4/h6H,5,7H2,1-4H3. The highest BCUT2D eigenvalue weighted by Gasteiger charge is 2.24. The number of hydrogen-bond acceptors (Lipinski definition) is 1. The summed E-state index contributed by atoms with van der Waals surface area (Å²) in [6.45, 7) is 8.37. The lowest BCUT2D eigenvalue weighted by molar-refractivity contribution is -0.117. The highest BCUT2D eigenvalue weighted by molar-refractivity contribution is 6.11. The summed E-state index contributed by atoms with van der Waals surface area (Å²) in [7, 11) is 0. The molecular formula is C11H17NO. The van der Waals surface area contributed by atoms with Gasteiger partial charge in [-0.2, -0.15) is 0 Å². The van der Waals surface area contributed by atoms with Gasteiger partial charge in [0.2, 0.25) is 5.91 Å². The number of rotatable bonds is 1. The van der Waals surface area contributed by atoms with Crippen molar-refractivity contribution >= 4 is 11.6 Å². The second kappa shape index (κ2) is 3.44. The molecule has 0 bridgehead atoms. The maximum Gasteiger partial charge on any atom is 0.249 e. The molecule has 0 N–H and O–H groups in total. The molecule has 1 rings (SSSR count). The van der Waals surface area contributed by atoms with Gasteiger partial charge in [-0.05, 0) is 12.0 Å². The van der Waals surface area contributed by atoms with Crippen molar-refractivity contribution in [1.82, 2.24) is 0 Å². The van der Waals surface area contributed by atoms with Crippen LogP contribution in [0, 0.1) is 5.41 Å². The topological polar surface area (TPSA) is 29.4 Å². The summed E-state index contributed by atoms with van der Waals surface area (Å²) in [6, 6.07) is 0. The van der Waals surface area contributed by atoms with Gasteiger partial charge < -0.3 is 0 Å². The average molecular weight is 179 g/mol. The van der Waals surface area contributed by atoms with E-state index in [0.29, 0.717) is 6.42 Å². The Labute approximate surface area is 79.8 Å². The van der Waals surface area contributed by atoms with E-state index in [-0.39, 0.29) is 11.3 Å². The van der Waals surface area contributed by atoms with Gasteiger partial charge in [0, 0.05) is 11.8 Å². The molecule has 0 atom stereocenters. The van der Waals surface area contributed by atoms with Crippen LogP contribution in [0.3, 0.4) is 0 Å². The fourth-order valence-corrected chi connectivity index (χ4v) is 1.51. The first-order chi connectivity index (χ1) is 5.95. The summed E-state index contributed by atoms with van der Waals surface area (Å²) >= 11 is 0. The monoisotopic (exact) mass is 179 g/mol. The molecule has 1 amide bonds. The average Bonchev–Trinajstić information content (AvgIpc) is 2.03. The Morgan fingerprint density at radius 2 is 2.08 bits per heavy atom. The number of aliphatic imine (C=N–C) groups is 1. The third-order valence-corrected chi connectivity index (χ3v) is 2.16. The minimum absolute atomic E-state index is 0.0119. The van der Waals surface area contributed by atoms with E-state index in [9.17, 15) is 4.79 Å². The third kappa shape index (κ3) is 2.27. The molecular weight excluding hydrogens is 162 g/mol. The van der Waals surface area contributed by atoms with Gasteiger partial charge in [0.05, 0.1) is 5.71 Å². The van der Waals surface area contributed by atoms with Crippen molar-refractivity contribution in [3.8, 4) is 0 Å². The van der Waals surface area contributed by atoms with E-state index in [1.165, 1.54) is 5.57 Å². The maximum absolute atomic E-state index is 11.1. The van der Waals surface area contributed by atoms with Crippen LogP contribution in [0.2, 0.25) is 0 Å².